The number of nitrogens with zero attached hydrogens (tertiary/aromatic N) is 1. The molecule has 19 heavy (non-hydrogen) atoms. The van der Waals surface area contributed by atoms with E-state index >= 15 is 0 Å². The molecule has 0 amide bonds. The van der Waals surface area contributed by atoms with Crippen molar-refractivity contribution in [1.29, 1.82) is 0 Å². The van der Waals surface area contributed by atoms with E-state index in [1.807, 2.05) is 0 Å². The summed E-state index contributed by atoms with van der Waals surface area (Å²) in [6.07, 6.45) is 0.995. The van der Waals surface area contributed by atoms with E-state index in [9.17, 15) is 21.2 Å². The van der Waals surface area contributed by atoms with Crippen LogP contribution >= 0.6 is 0 Å². The van der Waals surface area contributed by atoms with Crippen molar-refractivity contribution in [1.82, 2.24) is 4.31 Å². The second-order valence-electron chi connectivity index (χ2n) is 4.15. The number of hydrogen-bond donors (Lipinski definition) is 1. The highest BCUT2D eigenvalue weighted by Crippen LogP contribution is 2.20. The molecule has 0 fully saturated rings. The average molecular weight is 310 g/mol. The van der Waals surface area contributed by atoms with Gasteiger partial charge >= 0.3 is 0 Å². The molecule has 108 valence electrons. The maximum absolute atomic E-state index is 13.5. The summed E-state index contributed by atoms with van der Waals surface area (Å²) in [4.78, 5) is -0.566. The van der Waals surface area contributed by atoms with Gasteiger partial charge in [0.05, 0.1) is 5.75 Å². The molecule has 0 saturated carbocycles. The number of benzene rings is 1. The number of nitrogens with two attached hydrogens (primary N) is 1. The van der Waals surface area contributed by atoms with Gasteiger partial charge in [0.1, 0.15) is 20.5 Å². The first kappa shape index (κ1) is 15.9. The zero-order chi connectivity index (χ0) is 14.8. The van der Waals surface area contributed by atoms with Gasteiger partial charge in [-0.2, -0.15) is 4.31 Å². The van der Waals surface area contributed by atoms with Gasteiger partial charge in [-0.1, -0.05) is 0 Å². The number of rotatable bonds is 5. The van der Waals surface area contributed by atoms with E-state index in [-0.39, 0.29) is 18.0 Å². The Hall–Kier alpha value is -1.19. The Kier molecular flexibility index (Phi) is 4.54. The monoisotopic (exact) mass is 310 g/mol. The molecule has 1 rings (SSSR count). The molecule has 1 aromatic rings. The van der Waals surface area contributed by atoms with Gasteiger partial charge in [-0.15, -0.1) is 0 Å². The zero-order valence-corrected chi connectivity index (χ0v) is 12.1. The van der Waals surface area contributed by atoms with Gasteiger partial charge in [0.15, 0.2) is 0 Å². The van der Waals surface area contributed by atoms with Gasteiger partial charge in [-0.25, -0.2) is 21.2 Å². The second kappa shape index (κ2) is 5.43. The summed E-state index contributed by atoms with van der Waals surface area (Å²) in [7, 11) is -6.22. The lowest BCUT2D eigenvalue weighted by Crippen LogP contribution is -2.32. The standard InChI is InChI=1S/C10H15FN2O4S2/c1-13(5-6-18(2,14)15)19(16,17)10-7-8(12)3-4-9(10)11/h3-4,7H,5-6,12H2,1-2H3. The highest BCUT2D eigenvalue weighted by atomic mass is 32.2. The topological polar surface area (TPSA) is 97.5 Å². The summed E-state index contributed by atoms with van der Waals surface area (Å²) < 4.78 is 60.4. The Morgan fingerprint density at radius 1 is 1.26 bits per heavy atom. The quantitative estimate of drug-likeness (QED) is 0.776. The van der Waals surface area contributed by atoms with Gasteiger partial charge in [0, 0.05) is 25.5 Å². The highest BCUT2D eigenvalue weighted by Gasteiger charge is 2.25. The fourth-order valence-electron chi connectivity index (χ4n) is 1.30. The molecule has 0 aliphatic carbocycles. The molecule has 0 unspecified atom stereocenters. The van der Waals surface area contributed by atoms with E-state index in [1.165, 1.54) is 13.1 Å². The molecule has 0 aliphatic heterocycles. The van der Waals surface area contributed by atoms with Crippen LogP contribution in [0.4, 0.5) is 10.1 Å². The van der Waals surface area contributed by atoms with E-state index in [0.717, 1.165) is 22.7 Å². The van der Waals surface area contributed by atoms with Crippen LogP contribution in [0.5, 0.6) is 0 Å². The molecule has 0 bridgehead atoms. The summed E-state index contributed by atoms with van der Waals surface area (Å²) >= 11 is 0. The Balaban J connectivity index is 3.07. The highest BCUT2D eigenvalue weighted by molar-refractivity contribution is 7.91. The summed E-state index contributed by atoms with van der Waals surface area (Å²) in [6.45, 7) is -0.255. The van der Waals surface area contributed by atoms with Crippen molar-refractivity contribution < 1.29 is 21.2 Å². The fourth-order valence-corrected chi connectivity index (χ4v) is 3.29. The van der Waals surface area contributed by atoms with Crippen LogP contribution in [-0.4, -0.2) is 46.7 Å². The minimum atomic E-state index is -4.10. The van der Waals surface area contributed by atoms with Gasteiger partial charge in [-0.05, 0) is 18.2 Å². The minimum absolute atomic E-state index is 0.108. The minimum Gasteiger partial charge on any atom is -0.399 e. The third-order valence-electron chi connectivity index (χ3n) is 2.42. The summed E-state index contributed by atoms with van der Waals surface area (Å²) in [6, 6.07) is 3.19. The van der Waals surface area contributed by atoms with Crippen LogP contribution in [-0.2, 0) is 19.9 Å². The zero-order valence-electron chi connectivity index (χ0n) is 10.5. The Bertz CT molecular complexity index is 671. The largest absolute Gasteiger partial charge is 0.399 e. The van der Waals surface area contributed by atoms with Gasteiger partial charge in [0.2, 0.25) is 10.0 Å². The number of anilines is 1. The molecule has 1 aromatic carbocycles. The van der Waals surface area contributed by atoms with Crippen LogP contribution < -0.4 is 5.73 Å². The number of sulfonamides is 1. The molecule has 0 aromatic heterocycles. The van der Waals surface area contributed by atoms with Gasteiger partial charge in [-0.3, -0.25) is 0 Å². The summed E-state index contributed by atoms with van der Waals surface area (Å²) in [5, 5.41) is 0. The van der Waals surface area contributed by atoms with E-state index in [1.54, 1.807) is 0 Å². The molecule has 0 spiro atoms. The fraction of sp³-hybridized carbons (Fsp3) is 0.400. The van der Waals surface area contributed by atoms with E-state index in [4.69, 9.17) is 5.73 Å². The first-order valence-electron chi connectivity index (χ1n) is 5.23. The number of sulfone groups is 1. The van der Waals surface area contributed by atoms with Crippen LogP contribution in [0.15, 0.2) is 23.1 Å². The molecular formula is C10H15FN2O4S2. The molecule has 9 heteroatoms. The van der Waals surface area contributed by atoms with Crippen LogP contribution in [0.25, 0.3) is 0 Å². The normalized spacial score (nSPS) is 12.8. The van der Waals surface area contributed by atoms with Crippen molar-refractivity contribution >= 4 is 25.5 Å². The number of hydrogen-bond acceptors (Lipinski definition) is 5. The van der Waals surface area contributed by atoms with Crippen molar-refractivity contribution in [2.24, 2.45) is 0 Å². The van der Waals surface area contributed by atoms with Crippen molar-refractivity contribution in [3.63, 3.8) is 0 Å². The van der Waals surface area contributed by atoms with Crippen LogP contribution in [0.3, 0.4) is 0 Å². The summed E-state index contributed by atoms with van der Waals surface area (Å²) in [5.74, 6) is -1.27. The molecule has 0 saturated heterocycles. The summed E-state index contributed by atoms with van der Waals surface area (Å²) in [5.41, 5.74) is 5.53. The predicted molar refractivity (Wildman–Crippen MR) is 70.3 cm³/mol. The second-order valence-corrected chi connectivity index (χ2v) is 8.42. The molecule has 0 atom stereocenters. The SMILES string of the molecule is CN(CCS(C)(=O)=O)S(=O)(=O)c1cc(N)ccc1F. The third kappa shape index (κ3) is 4.15. The molecule has 2 N–H and O–H groups in total. The predicted octanol–water partition coefficient (Wildman–Crippen LogP) is 0.0730. The van der Waals surface area contributed by atoms with Crippen LogP contribution in [0.1, 0.15) is 0 Å². The van der Waals surface area contributed by atoms with Crippen molar-refractivity contribution in [3.05, 3.63) is 24.0 Å². The third-order valence-corrected chi connectivity index (χ3v) is 5.22. The molecule has 0 heterocycles. The Morgan fingerprint density at radius 2 is 1.84 bits per heavy atom. The lowest BCUT2D eigenvalue weighted by atomic mass is 10.3. The van der Waals surface area contributed by atoms with Crippen molar-refractivity contribution in [3.8, 4) is 0 Å². The van der Waals surface area contributed by atoms with Crippen LogP contribution in [0.2, 0.25) is 0 Å². The van der Waals surface area contributed by atoms with Gasteiger partial charge in [0.25, 0.3) is 0 Å². The molecular weight excluding hydrogens is 295 g/mol. The average Bonchev–Trinajstić information content (AvgIpc) is 2.28. The van der Waals surface area contributed by atoms with Crippen molar-refractivity contribution in [2.75, 3.05) is 31.3 Å². The lowest BCUT2D eigenvalue weighted by molar-refractivity contribution is 0.477. The van der Waals surface area contributed by atoms with Gasteiger partial charge < -0.3 is 5.73 Å². The smallest absolute Gasteiger partial charge is 0.245 e. The number of halogens is 1. The Labute approximate surface area is 112 Å². The Morgan fingerprint density at radius 3 is 2.37 bits per heavy atom. The maximum Gasteiger partial charge on any atom is 0.245 e. The first-order valence-corrected chi connectivity index (χ1v) is 8.73. The number of nitrogen functional groups attached to an aromatic ring is 1. The molecule has 6 nitrogen and oxygen atoms in total. The van der Waals surface area contributed by atoms with E-state index in [2.05, 4.69) is 0 Å². The maximum atomic E-state index is 13.5. The van der Waals surface area contributed by atoms with E-state index in [0.29, 0.717) is 0 Å². The lowest BCUT2D eigenvalue weighted by Gasteiger charge is -2.17. The van der Waals surface area contributed by atoms with Crippen LogP contribution in [0, 0.1) is 5.82 Å². The van der Waals surface area contributed by atoms with E-state index < -0.39 is 30.6 Å². The molecule has 0 aliphatic rings. The first-order chi connectivity index (χ1) is 8.54. The van der Waals surface area contributed by atoms with Crippen molar-refractivity contribution in [2.45, 2.75) is 4.90 Å². The molecule has 0 radical (unpaired) electrons.